The van der Waals surface area contributed by atoms with Gasteiger partial charge in [-0.25, -0.2) is 0 Å². The number of aryl methyl sites for hydroxylation is 1. The fourth-order valence-electron chi connectivity index (χ4n) is 2.64. The van der Waals surface area contributed by atoms with Crippen LogP contribution in [0.25, 0.3) is 0 Å². The molecule has 1 heterocycles. The van der Waals surface area contributed by atoms with Crippen molar-refractivity contribution in [1.82, 2.24) is 5.32 Å². The van der Waals surface area contributed by atoms with Crippen LogP contribution in [0.15, 0.2) is 24.3 Å². The Kier molecular flexibility index (Phi) is 4.43. The molecule has 0 amide bonds. The van der Waals surface area contributed by atoms with Gasteiger partial charge in [-0.2, -0.15) is 0 Å². The Labute approximate surface area is 105 Å². The first-order chi connectivity index (χ1) is 8.35. The minimum absolute atomic E-state index is 0.703. The third-order valence-electron chi connectivity index (χ3n) is 3.77. The lowest BCUT2D eigenvalue weighted by molar-refractivity contribution is 0.510. The summed E-state index contributed by atoms with van der Waals surface area (Å²) in [6, 6.07) is 9.53. The number of hydrogen-bond donors (Lipinski definition) is 1. The summed E-state index contributed by atoms with van der Waals surface area (Å²) in [6.07, 6.45) is 3.62. The summed E-state index contributed by atoms with van der Waals surface area (Å²) in [5, 5.41) is 3.63. The normalized spacial score (nSPS) is 21.3. The molecule has 1 unspecified atom stereocenters. The van der Waals surface area contributed by atoms with Gasteiger partial charge in [0.05, 0.1) is 0 Å². The number of rotatable bonds is 3. The Morgan fingerprint density at radius 1 is 1.24 bits per heavy atom. The Bertz CT molecular complexity index is 349. The van der Waals surface area contributed by atoms with Gasteiger partial charge in [-0.1, -0.05) is 32.0 Å². The van der Waals surface area contributed by atoms with Gasteiger partial charge in [-0.05, 0) is 30.9 Å². The molecule has 17 heavy (non-hydrogen) atoms. The van der Waals surface area contributed by atoms with Crippen molar-refractivity contribution in [3.05, 3.63) is 29.8 Å². The first kappa shape index (κ1) is 12.4. The molecular weight excluding hydrogens is 208 g/mol. The molecule has 1 fully saturated rings. The smallest absolute Gasteiger partial charge is 0.0399 e. The van der Waals surface area contributed by atoms with Gasteiger partial charge >= 0.3 is 0 Å². The third kappa shape index (κ3) is 3.01. The fraction of sp³-hybridized carbons (Fsp3) is 0.600. The molecule has 1 saturated heterocycles. The quantitative estimate of drug-likeness (QED) is 0.862. The van der Waals surface area contributed by atoms with Crippen molar-refractivity contribution in [2.45, 2.75) is 39.2 Å². The maximum absolute atomic E-state index is 3.63. The van der Waals surface area contributed by atoms with Gasteiger partial charge in [-0.15, -0.1) is 0 Å². The average Bonchev–Trinajstić information content (AvgIpc) is 2.63. The molecule has 0 bridgehead atoms. The summed E-state index contributed by atoms with van der Waals surface area (Å²) in [4.78, 5) is 2.54. The lowest BCUT2D eigenvalue weighted by atomic mass is 10.1. The Hall–Kier alpha value is -1.02. The molecule has 1 aromatic carbocycles. The zero-order valence-electron chi connectivity index (χ0n) is 11.1. The van der Waals surface area contributed by atoms with Crippen molar-refractivity contribution < 1.29 is 0 Å². The van der Waals surface area contributed by atoms with E-state index in [1.165, 1.54) is 30.6 Å². The standard InChI is InChI=1S/C15H24N2/c1-3-13-7-5-6-8-15(13)17-11-9-14(4-2)16-10-12-17/h5-8,14,16H,3-4,9-12H2,1-2H3. The van der Waals surface area contributed by atoms with Crippen LogP contribution in [0.4, 0.5) is 5.69 Å². The zero-order valence-corrected chi connectivity index (χ0v) is 11.1. The molecule has 1 N–H and O–H groups in total. The average molecular weight is 232 g/mol. The summed E-state index contributed by atoms with van der Waals surface area (Å²) in [5.41, 5.74) is 2.91. The Balaban J connectivity index is 2.11. The van der Waals surface area contributed by atoms with E-state index in [1.54, 1.807) is 0 Å². The number of nitrogens with zero attached hydrogens (tertiary/aromatic N) is 1. The van der Waals surface area contributed by atoms with Gasteiger partial charge in [0.25, 0.3) is 0 Å². The van der Waals surface area contributed by atoms with Crippen molar-refractivity contribution in [2.24, 2.45) is 0 Å². The highest BCUT2D eigenvalue weighted by Crippen LogP contribution is 2.22. The van der Waals surface area contributed by atoms with E-state index in [2.05, 4.69) is 48.3 Å². The number of hydrogen-bond acceptors (Lipinski definition) is 2. The minimum atomic E-state index is 0.703. The molecule has 2 heteroatoms. The highest BCUT2D eigenvalue weighted by atomic mass is 15.2. The van der Waals surface area contributed by atoms with Gasteiger partial charge in [0.2, 0.25) is 0 Å². The number of para-hydroxylation sites is 1. The van der Waals surface area contributed by atoms with Gasteiger partial charge in [-0.3, -0.25) is 0 Å². The van der Waals surface area contributed by atoms with E-state index in [-0.39, 0.29) is 0 Å². The number of benzene rings is 1. The third-order valence-corrected chi connectivity index (χ3v) is 3.77. The molecule has 0 saturated carbocycles. The molecule has 1 aromatic rings. The molecule has 1 atom stereocenters. The van der Waals surface area contributed by atoms with E-state index in [4.69, 9.17) is 0 Å². The number of anilines is 1. The molecular formula is C15H24N2. The van der Waals surface area contributed by atoms with E-state index in [9.17, 15) is 0 Å². The maximum Gasteiger partial charge on any atom is 0.0399 e. The summed E-state index contributed by atoms with van der Waals surface area (Å²) in [6.45, 7) is 7.93. The molecule has 2 rings (SSSR count). The lowest BCUT2D eigenvalue weighted by Crippen LogP contribution is -2.30. The van der Waals surface area contributed by atoms with Crippen LogP contribution in [0.5, 0.6) is 0 Å². The molecule has 2 nitrogen and oxygen atoms in total. The second-order valence-electron chi connectivity index (χ2n) is 4.82. The van der Waals surface area contributed by atoms with Crippen molar-refractivity contribution >= 4 is 5.69 Å². The minimum Gasteiger partial charge on any atom is -0.370 e. The Morgan fingerprint density at radius 3 is 2.82 bits per heavy atom. The van der Waals surface area contributed by atoms with Crippen LogP contribution in [0.3, 0.4) is 0 Å². The van der Waals surface area contributed by atoms with Gasteiger partial charge in [0.15, 0.2) is 0 Å². The summed E-state index contributed by atoms with van der Waals surface area (Å²) in [5.74, 6) is 0. The predicted molar refractivity (Wildman–Crippen MR) is 74.7 cm³/mol. The molecule has 0 aromatic heterocycles. The van der Waals surface area contributed by atoms with Crippen LogP contribution in [0.1, 0.15) is 32.3 Å². The van der Waals surface area contributed by atoms with Crippen LogP contribution in [0.2, 0.25) is 0 Å². The summed E-state index contributed by atoms with van der Waals surface area (Å²) >= 11 is 0. The zero-order chi connectivity index (χ0) is 12.1. The summed E-state index contributed by atoms with van der Waals surface area (Å²) in [7, 11) is 0. The van der Waals surface area contributed by atoms with Crippen LogP contribution >= 0.6 is 0 Å². The maximum atomic E-state index is 3.63. The second-order valence-corrected chi connectivity index (χ2v) is 4.82. The second kappa shape index (κ2) is 6.06. The van der Waals surface area contributed by atoms with Crippen molar-refractivity contribution in [1.29, 1.82) is 0 Å². The van der Waals surface area contributed by atoms with Gasteiger partial charge in [0.1, 0.15) is 0 Å². The van der Waals surface area contributed by atoms with Crippen LogP contribution < -0.4 is 10.2 Å². The fourth-order valence-corrected chi connectivity index (χ4v) is 2.64. The van der Waals surface area contributed by atoms with Crippen LogP contribution in [0, 0.1) is 0 Å². The molecule has 0 aliphatic carbocycles. The molecule has 0 spiro atoms. The lowest BCUT2D eigenvalue weighted by Gasteiger charge is -2.25. The summed E-state index contributed by atoms with van der Waals surface area (Å²) < 4.78 is 0. The first-order valence-electron chi connectivity index (χ1n) is 6.91. The monoisotopic (exact) mass is 232 g/mol. The van der Waals surface area contributed by atoms with E-state index in [0.717, 1.165) is 19.5 Å². The van der Waals surface area contributed by atoms with Gasteiger partial charge < -0.3 is 10.2 Å². The van der Waals surface area contributed by atoms with Crippen LogP contribution in [-0.2, 0) is 6.42 Å². The topological polar surface area (TPSA) is 15.3 Å². The van der Waals surface area contributed by atoms with E-state index in [1.807, 2.05) is 0 Å². The molecule has 1 aliphatic rings. The van der Waals surface area contributed by atoms with Crippen molar-refractivity contribution in [2.75, 3.05) is 24.5 Å². The van der Waals surface area contributed by atoms with Gasteiger partial charge in [0, 0.05) is 31.4 Å². The van der Waals surface area contributed by atoms with Crippen molar-refractivity contribution in [3.63, 3.8) is 0 Å². The Morgan fingerprint density at radius 2 is 2.06 bits per heavy atom. The van der Waals surface area contributed by atoms with E-state index in [0.29, 0.717) is 6.04 Å². The molecule has 1 aliphatic heterocycles. The highest BCUT2D eigenvalue weighted by molar-refractivity contribution is 5.53. The van der Waals surface area contributed by atoms with E-state index < -0.39 is 0 Å². The highest BCUT2D eigenvalue weighted by Gasteiger charge is 2.16. The number of nitrogens with one attached hydrogen (secondary N) is 1. The molecule has 0 radical (unpaired) electrons. The molecule has 94 valence electrons. The SMILES string of the molecule is CCc1ccccc1N1CCNC(CC)CC1. The first-order valence-corrected chi connectivity index (χ1v) is 6.91. The predicted octanol–water partition coefficient (Wildman–Crippen LogP) is 2.83. The van der Waals surface area contributed by atoms with E-state index >= 15 is 0 Å². The largest absolute Gasteiger partial charge is 0.370 e. The van der Waals surface area contributed by atoms with Crippen LogP contribution in [-0.4, -0.2) is 25.7 Å². The van der Waals surface area contributed by atoms with Crippen molar-refractivity contribution in [3.8, 4) is 0 Å².